The van der Waals surface area contributed by atoms with Crippen LogP contribution in [-0.4, -0.2) is 5.91 Å². The highest BCUT2D eigenvalue weighted by Gasteiger charge is 2.11. The van der Waals surface area contributed by atoms with Crippen LogP contribution in [0.25, 0.3) is 6.08 Å². The number of nitrogens with zero attached hydrogens (tertiary/aromatic N) is 1. The molecule has 0 heterocycles. The summed E-state index contributed by atoms with van der Waals surface area (Å²) in [6.07, 6.45) is 1.57. The van der Waals surface area contributed by atoms with Crippen molar-refractivity contribution < 1.29 is 9.53 Å². The lowest BCUT2D eigenvalue weighted by molar-refractivity contribution is -0.112. The second-order valence-electron chi connectivity index (χ2n) is 6.93. The first-order valence-corrected chi connectivity index (χ1v) is 10.5. The quantitative estimate of drug-likeness (QED) is 0.251. The zero-order valence-corrected chi connectivity index (χ0v) is 18.9. The van der Waals surface area contributed by atoms with Gasteiger partial charge in [-0.05, 0) is 89.5 Å². The van der Waals surface area contributed by atoms with Crippen LogP contribution in [-0.2, 0) is 11.4 Å². The monoisotopic (exact) mass is 508 g/mol. The van der Waals surface area contributed by atoms with Crippen LogP contribution in [0, 0.1) is 28.7 Å². The summed E-state index contributed by atoms with van der Waals surface area (Å²) >= 11 is 2.27. The molecule has 150 valence electrons. The molecular weight excluding hydrogens is 487 g/mol. The Labute approximate surface area is 190 Å². The van der Waals surface area contributed by atoms with E-state index in [0.29, 0.717) is 12.3 Å². The zero-order chi connectivity index (χ0) is 21.5. The summed E-state index contributed by atoms with van der Waals surface area (Å²) in [4.78, 5) is 12.5. The average molecular weight is 508 g/mol. The van der Waals surface area contributed by atoms with E-state index < -0.39 is 5.91 Å². The fourth-order valence-corrected chi connectivity index (χ4v) is 3.23. The molecule has 0 aliphatic carbocycles. The maximum Gasteiger partial charge on any atom is 0.266 e. The number of halogens is 1. The van der Waals surface area contributed by atoms with Crippen molar-refractivity contribution in [3.05, 3.63) is 98.1 Å². The van der Waals surface area contributed by atoms with Crippen molar-refractivity contribution in [1.82, 2.24) is 0 Å². The molecule has 3 rings (SSSR count). The molecule has 3 aromatic rings. The summed E-state index contributed by atoms with van der Waals surface area (Å²) in [6, 6.07) is 23.2. The van der Waals surface area contributed by atoms with Gasteiger partial charge < -0.3 is 10.1 Å². The minimum Gasteiger partial charge on any atom is -0.489 e. The van der Waals surface area contributed by atoms with Crippen LogP contribution in [0.1, 0.15) is 22.3 Å². The van der Waals surface area contributed by atoms with Crippen LogP contribution >= 0.6 is 22.6 Å². The predicted octanol–water partition coefficient (Wildman–Crippen LogP) is 6.03. The van der Waals surface area contributed by atoms with Gasteiger partial charge in [0.05, 0.1) is 0 Å². The Kier molecular flexibility index (Phi) is 7.26. The second kappa shape index (κ2) is 10.1. The molecule has 0 aliphatic heterocycles. The van der Waals surface area contributed by atoms with Gasteiger partial charge in [0.1, 0.15) is 24.0 Å². The molecule has 4 nitrogen and oxygen atoms in total. The van der Waals surface area contributed by atoms with Crippen molar-refractivity contribution in [2.45, 2.75) is 20.5 Å². The van der Waals surface area contributed by atoms with Gasteiger partial charge in [0.15, 0.2) is 0 Å². The van der Waals surface area contributed by atoms with Crippen LogP contribution in [0.2, 0.25) is 0 Å². The molecule has 30 heavy (non-hydrogen) atoms. The van der Waals surface area contributed by atoms with Crippen molar-refractivity contribution in [2.24, 2.45) is 0 Å². The van der Waals surface area contributed by atoms with Gasteiger partial charge in [0.2, 0.25) is 0 Å². The van der Waals surface area contributed by atoms with Gasteiger partial charge >= 0.3 is 0 Å². The molecule has 0 saturated heterocycles. The van der Waals surface area contributed by atoms with Gasteiger partial charge in [-0.1, -0.05) is 42.0 Å². The number of nitriles is 1. The van der Waals surface area contributed by atoms with E-state index in [1.807, 2.05) is 86.6 Å². The molecule has 3 aromatic carbocycles. The molecule has 1 amide bonds. The van der Waals surface area contributed by atoms with E-state index in [2.05, 4.69) is 27.9 Å². The standard InChI is InChI=1S/C25H21IN2O2/c1-17-3-12-24(18(2)13-17)28-25(29)21(15-27)14-19-6-10-23(11-7-19)30-16-20-4-8-22(26)9-5-20/h3-14H,16H2,1-2H3,(H,28,29)/b21-14-. The van der Waals surface area contributed by atoms with Gasteiger partial charge in [-0.15, -0.1) is 0 Å². The van der Waals surface area contributed by atoms with E-state index in [1.165, 1.54) is 3.57 Å². The number of anilines is 1. The van der Waals surface area contributed by atoms with Gasteiger partial charge in [0.25, 0.3) is 5.91 Å². The highest BCUT2D eigenvalue weighted by atomic mass is 127. The maximum absolute atomic E-state index is 12.5. The molecule has 0 saturated carbocycles. The summed E-state index contributed by atoms with van der Waals surface area (Å²) in [5.41, 5.74) is 4.66. The number of hydrogen-bond acceptors (Lipinski definition) is 3. The molecular formula is C25H21IN2O2. The van der Waals surface area contributed by atoms with E-state index in [-0.39, 0.29) is 5.57 Å². The number of carbonyl (C=O) groups is 1. The largest absolute Gasteiger partial charge is 0.489 e. The van der Waals surface area contributed by atoms with Crippen LogP contribution in [0.5, 0.6) is 5.75 Å². The molecule has 0 fully saturated rings. The SMILES string of the molecule is Cc1ccc(NC(=O)/C(C#N)=C\c2ccc(OCc3ccc(I)cc3)cc2)c(C)c1. The summed E-state index contributed by atoms with van der Waals surface area (Å²) < 4.78 is 6.98. The Morgan fingerprint density at radius 1 is 1.07 bits per heavy atom. The average Bonchev–Trinajstić information content (AvgIpc) is 2.74. The van der Waals surface area contributed by atoms with Crippen LogP contribution in [0.4, 0.5) is 5.69 Å². The van der Waals surface area contributed by atoms with Crippen molar-refractivity contribution in [2.75, 3.05) is 5.32 Å². The van der Waals surface area contributed by atoms with Gasteiger partial charge in [-0.3, -0.25) is 4.79 Å². The lowest BCUT2D eigenvalue weighted by Gasteiger charge is -2.09. The topological polar surface area (TPSA) is 62.1 Å². The molecule has 0 spiro atoms. The van der Waals surface area contributed by atoms with Crippen LogP contribution in [0.15, 0.2) is 72.3 Å². The molecule has 0 atom stereocenters. The minimum absolute atomic E-state index is 0.0440. The molecule has 5 heteroatoms. The van der Waals surface area contributed by atoms with Gasteiger partial charge in [-0.25, -0.2) is 0 Å². The van der Waals surface area contributed by atoms with Crippen LogP contribution < -0.4 is 10.1 Å². The van der Waals surface area contributed by atoms with E-state index in [1.54, 1.807) is 6.08 Å². The minimum atomic E-state index is -0.427. The van der Waals surface area contributed by atoms with Gasteiger partial charge in [0, 0.05) is 9.26 Å². The molecule has 0 bridgehead atoms. The lowest BCUT2D eigenvalue weighted by Crippen LogP contribution is -2.14. The zero-order valence-electron chi connectivity index (χ0n) is 16.8. The van der Waals surface area contributed by atoms with E-state index in [4.69, 9.17) is 4.74 Å². The summed E-state index contributed by atoms with van der Waals surface area (Å²) in [5, 5.41) is 12.2. The van der Waals surface area contributed by atoms with Crippen LogP contribution in [0.3, 0.4) is 0 Å². The highest BCUT2D eigenvalue weighted by Crippen LogP contribution is 2.19. The third kappa shape index (κ3) is 5.94. The number of amides is 1. The number of benzene rings is 3. The van der Waals surface area contributed by atoms with Crippen molar-refractivity contribution >= 4 is 40.3 Å². The van der Waals surface area contributed by atoms with Crippen molar-refractivity contribution in [3.8, 4) is 11.8 Å². The smallest absolute Gasteiger partial charge is 0.266 e. The number of hydrogen-bond donors (Lipinski definition) is 1. The number of rotatable bonds is 6. The predicted molar refractivity (Wildman–Crippen MR) is 128 cm³/mol. The Morgan fingerprint density at radius 2 is 1.77 bits per heavy atom. The lowest BCUT2D eigenvalue weighted by atomic mass is 10.1. The Morgan fingerprint density at radius 3 is 2.40 bits per heavy atom. The summed E-state index contributed by atoms with van der Waals surface area (Å²) in [5.74, 6) is 0.299. The van der Waals surface area contributed by atoms with E-state index >= 15 is 0 Å². The van der Waals surface area contributed by atoms with E-state index in [9.17, 15) is 10.1 Å². The maximum atomic E-state index is 12.5. The van der Waals surface area contributed by atoms with Gasteiger partial charge in [-0.2, -0.15) is 5.26 Å². The first-order valence-electron chi connectivity index (χ1n) is 9.42. The molecule has 1 N–H and O–H groups in total. The summed E-state index contributed by atoms with van der Waals surface area (Å²) in [7, 11) is 0. The second-order valence-corrected chi connectivity index (χ2v) is 8.17. The summed E-state index contributed by atoms with van der Waals surface area (Å²) in [6.45, 7) is 4.40. The molecule has 0 radical (unpaired) electrons. The Hall–Kier alpha value is -3.11. The molecule has 0 aliphatic rings. The Bertz CT molecular complexity index is 1110. The molecule has 0 unspecified atom stereocenters. The number of aryl methyl sites for hydroxylation is 2. The fraction of sp³-hybridized carbons (Fsp3) is 0.120. The fourth-order valence-electron chi connectivity index (χ4n) is 2.87. The van der Waals surface area contributed by atoms with Crippen molar-refractivity contribution in [1.29, 1.82) is 5.26 Å². The number of carbonyl (C=O) groups excluding carboxylic acids is 1. The van der Waals surface area contributed by atoms with E-state index in [0.717, 1.165) is 28.0 Å². The Balaban J connectivity index is 1.65. The highest BCUT2D eigenvalue weighted by molar-refractivity contribution is 14.1. The third-order valence-corrected chi connectivity index (χ3v) is 5.22. The first-order chi connectivity index (χ1) is 14.4. The normalized spacial score (nSPS) is 10.9. The molecule has 0 aromatic heterocycles. The van der Waals surface area contributed by atoms with Crippen molar-refractivity contribution in [3.63, 3.8) is 0 Å². The number of ether oxygens (including phenoxy) is 1. The number of nitrogens with one attached hydrogen (secondary N) is 1. The third-order valence-electron chi connectivity index (χ3n) is 4.51. The first kappa shape index (κ1) is 21.6.